The second-order valence-electron chi connectivity index (χ2n) is 4.73. The summed E-state index contributed by atoms with van der Waals surface area (Å²) in [5.41, 5.74) is 6.17. The van der Waals surface area contributed by atoms with Crippen LogP contribution in [0.15, 0.2) is 36.4 Å². The lowest BCUT2D eigenvalue weighted by molar-refractivity contribution is 1.13. The number of rotatable bonds is 2. The maximum atomic E-state index is 6.20. The first-order valence-electron chi connectivity index (χ1n) is 5.96. The van der Waals surface area contributed by atoms with Crippen LogP contribution in [0.3, 0.4) is 0 Å². The summed E-state index contributed by atoms with van der Waals surface area (Å²) in [5, 5.41) is 0.822. The second kappa shape index (κ2) is 5.46. The van der Waals surface area contributed by atoms with Crippen LogP contribution < -0.4 is 0 Å². The molecule has 0 nitrogen and oxygen atoms in total. The summed E-state index contributed by atoms with van der Waals surface area (Å²) in [4.78, 5) is 0.190. The van der Waals surface area contributed by atoms with Gasteiger partial charge < -0.3 is 0 Å². The van der Waals surface area contributed by atoms with Gasteiger partial charge in [-0.25, -0.2) is 0 Å². The molecule has 1 atom stereocenters. The van der Waals surface area contributed by atoms with E-state index in [1.807, 2.05) is 13.0 Å². The number of hydrogen-bond acceptors (Lipinski definition) is 0. The molecule has 94 valence electrons. The Morgan fingerprint density at radius 2 is 1.61 bits per heavy atom. The van der Waals surface area contributed by atoms with Gasteiger partial charge in [-0.3, -0.25) is 0 Å². The molecule has 0 heterocycles. The number of alkyl halides is 1. The number of benzene rings is 2. The van der Waals surface area contributed by atoms with Crippen LogP contribution in [-0.2, 0) is 0 Å². The summed E-state index contributed by atoms with van der Waals surface area (Å²) in [6, 6.07) is 12.8. The molecule has 0 spiro atoms. The summed E-state index contributed by atoms with van der Waals surface area (Å²) in [7, 11) is 0. The molecular weight excluding hydrogens is 308 g/mol. The van der Waals surface area contributed by atoms with Gasteiger partial charge in [-0.15, -0.1) is 0 Å². The quantitative estimate of drug-likeness (QED) is 0.617. The molecule has 1 unspecified atom stereocenters. The molecule has 2 rings (SSSR count). The molecule has 0 saturated heterocycles. The van der Waals surface area contributed by atoms with Gasteiger partial charge in [-0.1, -0.05) is 63.4 Å². The average molecular weight is 324 g/mol. The molecule has 2 heteroatoms. The maximum absolute atomic E-state index is 6.20. The van der Waals surface area contributed by atoms with E-state index in [0.717, 1.165) is 10.6 Å². The maximum Gasteiger partial charge on any atom is 0.0647 e. The normalized spacial score (nSPS) is 12.5. The van der Waals surface area contributed by atoms with E-state index < -0.39 is 0 Å². The molecule has 0 amide bonds. The molecule has 0 radical (unpaired) electrons. The highest BCUT2D eigenvalue weighted by atomic mass is 79.9. The van der Waals surface area contributed by atoms with E-state index in [1.165, 1.54) is 22.3 Å². The van der Waals surface area contributed by atoms with Crippen LogP contribution in [0.1, 0.15) is 32.6 Å². The molecule has 18 heavy (non-hydrogen) atoms. The lowest BCUT2D eigenvalue weighted by Gasteiger charge is -2.15. The third-order valence-corrected chi connectivity index (χ3v) is 4.63. The monoisotopic (exact) mass is 322 g/mol. The first-order valence-corrected chi connectivity index (χ1v) is 7.25. The van der Waals surface area contributed by atoms with Crippen molar-refractivity contribution in [2.75, 3.05) is 0 Å². The van der Waals surface area contributed by atoms with E-state index in [4.69, 9.17) is 11.6 Å². The minimum absolute atomic E-state index is 0.190. The van der Waals surface area contributed by atoms with Crippen molar-refractivity contribution in [3.05, 3.63) is 69.2 Å². The molecule has 0 saturated carbocycles. The van der Waals surface area contributed by atoms with Gasteiger partial charge in [-0.05, 0) is 49.1 Å². The fourth-order valence-corrected chi connectivity index (χ4v) is 2.95. The fraction of sp³-hybridized carbons (Fsp3) is 0.250. The summed E-state index contributed by atoms with van der Waals surface area (Å²) >= 11 is 9.97. The lowest BCUT2D eigenvalue weighted by atomic mass is 9.98. The molecule has 0 aromatic heterocycles. The SMILES string of the molecule is Cc1ccc(C)c(C(Br)c2ccc(C)c(Cl)c2)c1. The number of aryl methyl sites for hydroxylation is 3. The van der Waals surface area contributed by atoms with Crippen molar-refractivity contribution in [1.82, 2.24) is 0 Å². The number of halogens is 2. The first kappa shape index (κ1) is 13.6. The highest BCUT2D eigenvalue weighted by Gasteiger charge is 2.13. The molecule has 2 aromatic carbocycles. The van der Waals surface area contributed by atoms with Crippen LogP contribution >= 0.6 is 27.5 Å². The van der Waals surface area contributed by atoms with E-state index in [9.17, 15) is 0 Å². The van der Waals surface area contributed by atoms with Crippen LogP contribution in [0.5, 0.6) is 0 Å². The standard InChI is InChI=1S/C16H16BrCl/c1-10-4-5-11(2)14(8-10)16(17)13-7-6-12(3)15(18)9-13/h4-9,16H,1-3H3. The van der Waals surface area contributed by atoms with Crippen molar-refractivity contribution >= 4 is 27.5 Å². The minimum atomic E-state index is 0.190. The summed E-state index contributed by atoms with van der Waals surface area (Å²) in [5.74, 6) is 0. The predicted molar refractivity (Wildman–Crippen MR) is 82.9 cm³/mol. The van der Waals surface area contributed by atoms with Crippen LogP contribution in [0.25, 0.3) is 0 Å². The Kier molecular flexibility index (Phi) is 4.14. The predicted octanol–water partition coefficient (Wildman–Crippen LogP) is 5.75. The Bertz CT molecular complexity index is 575. The van der Waals surface area contributed by atoms with Gasteiger partial charge in [0, 0.05) is 5.02 Å². The zero-order valence-corrected chi connectivity index (χ0v) is 13.1. The Labute approximate surface area is 122 Å². The van der Waals surface area contributed by atoms with Crippen LogP contribution in [0, 0.1) is 20.8 Å². The van der Waals surface area contributed by atoms with E-state index in [0.29, 0.717) is 0 Å². The highest BCUT2D eigenvalue weighted by molar-refractivity contribution is 9.09. The molecule has 0 aliphatic carbocycles. The topological polar surface area (TPSA) is 0 Å². The Balaban J connectivity index is 2.44. The van der Waals surface area contributed by atoms with Crippen molar-refractivity contribution in [3.8, 4) is 0 Å². The largest absolute Gasteiger partial charge is 0.0840 e. The van der Waals surface area contributed by atoms with E-state index in [-0.39, 0.29) is 4.83 Å². The third-order valence-electron chi connectivity index (χ3n) is 3.20. The van der Waals surface area contributed by atoms with Gasteiger partial charge in [0.05, 0.1) is 4.83 Å². The van der Waals surface area contributed by atoms with Crippen LogP contribution in [-0.4, -0.2) is 0 Å². The molecule has 0 aliphatic rings. The van der Waals surface area contributed by atoms with Crippen molar-refractivity contribution < 1.29 is 0 Å². The van der Waals surface area contributed by atoms with Gasteiger partial charge in [0.1, 0.15) is 0 Å². The molecule has 0 N–H and O–H groups in total. The minimum Gasteiger partial charge on any atom is -0.0840 e. The number of hydrogen-bond donors (Lipinski definition) is 0. The third kappa shape index (κ3) is 2.78. The smallest absolute Gasteiger partial charge is 0.0647 e. The Morgan fingerprint density at radius 1 is 0.944 bits per heavy atom. The Morgan fingerprint density at radius 3 is 2.28 bits per heavy atom. The zero-order valence-electron chi connectivity index (χ0n) is 10.8. The van der Waals surface area contributed by atoms with Crippen molar-refractivity contribution in [3.63, 3.8) is 0 Å². The van der Waals surface area contributed by atoms with Crippen molar-refractivity contribution in [1.29, 1.82) is 0 Å². The molecule has 0 bridgehead atoms. The molecule has 0 fully saturated rings. The zero-order chi connectivity index (χ0) is 13.3. The molecule has 0 aliphatic heterocycles. The first-order chi connectivity index (χ1) is 8.49. The van der Waals surface area contributed by atoms with Gasteiger partial charge in [0.2, 0.25) is 0 Å². The molecular formula is C16H16BrCl. The van der Waals surface area contributed by atoms with Crippen molar-refractivity contribution in [2.45, 2.75) is 25.6 Å². The second-order valence-corrected chi connectivity index (χ2v) is 6.05. The van der Waals surface area contributed by atoms with Gasteiger partial charge in [0.15, 0.2) is 0 Å². The highest BCUT2D eigenvalue weighted by Crippen LogP contribution is 2.35. The van der Waals surface area contributed by atoms with Gasteiger partial charge >= 0.3 is 0 Å². The van der Waals surface area contributed by atoms with Gasteiger partial charge in [-0.2, -0.15) is 0 Å². The van der Waals surface area contributed by atoms with Crippen molar-refractivity contribution in [2.24, 2.45) is 0 Å². The summed E-state index contributed by atoms with van der Waals surface area (Å²) in [6.07, 6.45) is 0. The average Bonchev–Trinajstić information content (AvgIpc) is 2.35. The van der Waals surface area contributed by atoms with E-state index in [1.54, 1.807) is 0 Å². The van der Waals surface area contributed by atoms with E-state index in [2.05, 4.69) is 60.1 Å². The van der Waals surface area contributed by atoms with Gasteiger partial charge in [0.25, 0.3) is 0 Å². The lowest BCUT2D eigenvalue weighted by Crippen LogP contribution is -1.97. The molecule has 2 aromatic rings. The van der Waals surface area contributed by atoms with Crippen LogP contribution in [0.4, 0.5) is 0 Å². The summed E-state index contributed by atoms with van der Waals surface area (Å²) < 4.78 is 0. The Hall–Kier alpha value is -0.790. The fourth-order valence-electron chi connectivity index (χ4n) is 1.98. The van der Waals surface area contributed by atoms with Crippen LogP contribution in [0.2, 0.25) is 5.02 Å². The summed E-state index contributed by atoms with van der Waals surface area (Å²) in [6.45, 7) is 6.27. The van der Waals surface area contributed by atoms with E-state index >= 15 is 0 Å².